The minimum absolute atomic E-state index is 0.0466. The molecular weight excluding hydrogens is 306 g/mol. The molecule has 0 atom stereocenters. The minimum Gasteiger partial charge on any atom is -0.448 e. The summed E-state index contributed by atoms with van der Waals surface area (Å²) in [5.41, 5.74) is 0.308. The zero-order valence-corrected chi connectivity index (χ0v) is 12.7. The lowest BCUT2D eigenvalue weighted by atomic mass is 10.0. The predicted octanol–water partition coefficient (Wildman–Crippen LogP) is 4.43. The van der Waals surface area contributed by atoms with Gasteiger partial charge < -0.3 is 4.74 Å². The van der Waals surface area contributed by atoms with Crippen molar-refractivity contribution in [2.24, 2.45) is 0 Å². The summed E-state index contributed by atoms with van der Waals surface area (Å²) < 4.78 is 5.68. The molecule has 0 amide bonds. The van der Waals surface area contributed by atoms with Crippen molar-refractivity contribution in [1.29, 1.82) is 5.26 Å². The molecule has 0 unspecified atom stereocenters. The molecule has 112 valence electrons. The van der Waals surface area contributed by atoms with E-state index in [2.05, 4.69) is 4.98 Å². The fourth-order valence-electron chi connectivity index (χ4n) is 1.96. The molecule has 6 nitrogen and oxygen atoms in total. The Labute approximate surface area is 132 Å². The Morgan fingerprint density at radius 2 is 2.09 bits per heavy atom. The molecule has 0 aliphatic carbocycles. The van der Waals surface area contributed by atoms with Gasteiger partial charge in [0, 0.05) is 0 Å². The van der Waals surface area contributed by atoms with Crippen LogP contribution >= 0.6 is 11.6 Å². The summed E-state index contributed by atoms with van der Waals surface area (Å²) in [5, 5.41) is 20.0. The zero-order chi connectivity index (χ0) is 16.3. The van der Waals surface area contributed by atoms with E-state index in [-0.39, 0.29) is 22.4 Å². The highest BCUT2D eigenvalue weighted by atomic mass is 35.5. The van der Waals surface area contributed by atoms with Gasteiger partial charge in [-0.3, -0.25) is 10.1 Å². The summed E-state index contributed by atoms with van der Waals surface area (Å²) in [4.78, 5) is 14.2. The molecule has 1 aromatic heterocycles. The quantitative estimate of drug-likeness (QED) is 0.472. The molecular formula is C15H12ClN3O3. The number of rotatable bonds is 4. The fraction of sp³-hybridized carbons (Fsp3) is 0.200. The van der Waals surface area contributed by atoms with Gasteiger partial charge in [-0.05, 0) is 17.5 Å². The molecule has 7 heteroatoms. The lowest BCUT2D eigenvalue weighted by molar-refractivity contribution is -0.385. The van der Waals surface area contributed by atoms with Gasteiger partial charge in [-0.25, -0.2) is 4.98 Å². The number of pyridine rings is 1. The van der Waals surface area contributed by atoms with Crippen molar-refractivity contribution >= 4 is 17.3 Å². The van der Waals surface area contributed by atoms with E-state index in [0.717, 1.165) is 11.8 Å². The Kier molecular flexibility index (Phi) is 4.59. The lowest BCUT2D eigenvalue weighted by Gasteiger charge is -2.14. The van der Waals surface area contributed by atoms with Crippen LogP contribution in [0.15, 0.2) is 30.5 Å². The number of benzene rings is 1. The van der Waals surface area contributed by atoms with Gasteiger partial charge in [-0.15, -0.1) is 0 Å². The fourth-order valence-corrected chi connectivity index (χ4v) is 2.17. The maximum absolute atomic E-state index is 11.2. The monoisotopic (exact) mass is 317 g/mol. The maximum Gasteiger partial charge on any atom is 0.349 e. The molecule has 0 aliphatic heterocycles. The van der Waals surface area contributed by atoms with Crippen molar-refractivity contribution in [3.63, 3.8) is 0 Å². The van der Waals surface area contributed by atoms with Crippen LogP contribution in [0.1, 0.15) is 30.9 Å². The number of ether oxygens (including phenoxy) is 1. The third-order valence-electron chi connectivity index (χ3n) is 3.02. The summed E-state index contributed by atoms with van der Waals surface area (Å²) in [7, 11) is 0. The molecule has 0 aliphatic rings. The molecule has 0 saturated heterocycles. The number of nitrogens with zero attached hydrogens (tertiary/aromatic N) is 3. The first-order valence-electron chi connectivity index (χ1n) is 6.45. The second kappa shape index (κ2) is 6.41. The van der Waals surface area contributed by atoms with Crippen molar-refractivity contribution < 1.29 is 9.66 Å². The van der Waals surface area contributed by atoms with Crippen LogP contribution in [-0.4, -0.2) is 9.91 Å². The Balaban J connectivity index is 2.62. The van der Waals surface area contributed by atoms with Crippen molar-refractivity contribution in [2.45, 2.75) is 19.8 Å². The van der Waals surface area contributed by atoms with Crippen LogP contribution in [0.5, 0.6) is 11.5 Å². The SMILES string of the molecule is CC(C)c1ccccc1Oc1c(C#N)cnc(Cl)c1[N+](=O)[O-]. The summed E-state index contributed by atoms with van der Waals surface area (Å²) in [6.07, 6.45) is 1.16. The van der Waals surface area contributed by atoms with Crippen LogP contribution in [0.3, 0.4) is 0 Å². The highest BCUT2D eigenvalue weighted by Crippen LogP contribution is 2.40. The van der Waals surface area contributed by atoms with Crippen molar-refractivity contribution in [3.05, 3.63) is 56.9 Å². The van der Waals surface area contributed by atoms with Crippen LogP contribution in [0.2, 0.25) is 5.15 Å². The van der Waals surface area contributed by atoms with Crippen molar-refractivity contribution in [1.82, 2.24) is 4.98 Å². The van der Waals surface area contributed by atoms with Crippen LogP contribution < -0.4 is 4.74 Å². The lowest BCUT2D eigenvalue weighted by Crippen LogP contribution is -2.01. The third kappa shape index (κ3) is 3.00. The Hall–Kier alpha value is -2.65. The first-order valence-corrected chi connectivity index (χ1v) is 6.83. The molecule has 1 heterocycles. The predicted molar refractivity (Wildman–Crippen MR) is 81.2 cm³/mol. The first-order chi connectivity index (χ1) is 10.5. The summed E-state index contributed by atoms with van der Waals surface area (Å²) in [6, 6.07) is 8.99. The van der Waals surface area contributed by atoms with Gasteiger partial charge in [0.2, 0.25) is 10.9 Å². The average Bonchev–Trinajstić information content (AvgIpc) is 2.47. The molecule has 0 N–H and O–H groups in total. The van der Waals surface area contributed by atoms with Gasteiger partial charge in [-0.1, -0.05) is 43.6 Å². The summed E-state index contributed by atoms with van der Waals surface area (Å²) >= 11 is 5.78. The van der Waals surface area contributed by atoms with Gasteiger partial charge in [-0.2, -0.15) is 5.26 Å². The van der Waals surface area contributed by atoms with E-state index in [4.69, 9.17) is 21.6 Å². The molecule has 0 saturated carbocycles. The van der Waals surface area contributed by atoms with Gasteiger partial charge in [0.15, 0.2) is 0 Å². The molecule has 1 aromatic carbocycles. The normalized spacial score (nSPS) is 10.3. The number of nitriles is 1. The molecule has 0 spiro atoms. The molecule has 0 bridgehead atoms. The highest BCUT2D eigenvalue weighted by molar-refractivity contribution is 6.31. The van der Waals surface area contributed by atoms with Crippen molar-refractivity contribution in [2.75, 3.05) is 0 Å². The van der Waals surface area contributed by atoms with E-state index in [1.54, 1.807) is 12.1 Å². The van der Waals surface area contributed by atoms with E-state index in [1.165, 1.54) is 0 Å². The molecule has 2 aromatic rings. The summed E-state index contributed by atoms with van der Waals surface area (Å²) in [5.74, 6) is 0.401. The van der Waals surface area contributed by atoms with Crippen LogP contribution in [0.4, 0.5) is 5.69 Å². The number of hydrogen-bond donors (Lipinski definition) is 0. The Morgan fingerprint density at radius 1 is 1.41 bits per heavy atom. The zero-order valence-electron chi connectivity index (χ0n) is 11.9. The largest absolute Gasteiger partial charge is 0.448 e. The number of para-hydroxylation sites is 1. The second-order valence-corrected chi connectivity index (χ2v) is 5.16. The van der Waals surface area contributed by atoms with Gasteiger partial charge >= 0.3 is 5.69 Å². The first kappa shape index (κ1) is 15.7. The third-order valence-corrected chi connectivity index (χ3v) is 3.29. The minimum atomic E-state index is -0.705. The molecule has 0 fully saturated rings. The maximum atomic E-state index is 11.2. The molecule has 22 heavy (non-hydrogen) atoms. The van der Waals surface area contributed by atoms with E-state index >= 15 is 0 Å². The van der Waals surface area contributed by atoms with Crippen LogP contribution in [0, 0.1) is 21.4 Å². The topological polar surface area (TPSA) is 89.0 Å². The standard InChI is InChI=1S/C15H12ClN3O3/c1-9(2)11-5-3-4-6-12(11)22-14-10(7-17)8-18-15(16)13(14)19(20)21/h3-6,8-9H,1-2H3. The molecule has 2 rings (SSSR count). The number of halogens is 1. The summed E-state index contributed by atoms with van der Waals surface area (Å²) in [6.45, 7) is 3.95. The van der Waals surface area contributed by atoms with E-state index in [1.807, 2.05) is 32.0 Å². The molecule has 0 radical (unpaired) electrons. The number of nitro groups is 1. The highest BCUT2D eigenvalue weighted by Gasteiger charge is 2.27. The van der Waals surface area contributed by atoms with Crippen LogP contribution in [-0.2, 0) is 0 Å². The van der Waals surface area contributed by atoms with Gasteiger partial charge in [0.1, 0.15) is 17.4 Å². The van der Waals surface area contributed by atoms with E-state index in [9.17, 15) is 10.1 Å². The Morgan fingerprint density at radius 3 is 2.68 bits per heavy atom. The number of aromatic nitrogens is 1. The smallest absolute Gasteiger partial charge is 0.349 e. The Bertz CT molecular complexity index is 769. The van der Waals surface area contributed by atoms with E-state index < -0.39 is 10.6 Å². The van der Waals surface area contributed by atoms with E-state index in [0.29, 0.717) is 5.75 Å². The van der Waals surface area contributed by atoms with Crippen molar-refractivity contribution in [3.8, 4) is 17.6 Å². The second-order valence-electron chi connectivity index (χ2n) is 4.80. The average molecular weight is 318 g/mol. The number of hydrogen-bond acceptors (Lipinski definition) is 5. The van der Waals surface area contributed by atoms with Crippen LogP contribution in [0.25, 0.3) is 0 Å². The van der Waals surface area contributed by atoms with Gasteiger partial charge in [0.05, 0.1) is 11.1 Å². The van der Waals surface area contributed by atoms with Gasteiger partial charge in [0.25, 0.3) is 0 Å².